The van der Waals surface area contributed by atoms with Crippen LogP contribution in [0.5, 0.6) is 5.75 Å². The largest absolute Gasteiger partial charge is 0.494 e. The monoisotopic (exact) mass is 288 g/mol. The predicted octanol–water partition coefficient (Wildman–Crippen LogP) is 2.59. The Bertz CT molecular complexity index is 431. The summed E-state index contributed by atoms with van der Waals surface area (Å²) in [5.74, 6) is 0.481. The summed E-state index contributed by atoms with van der Waals surface area (Å²) in [6.45, 7) is 4.19. The smallest absolute Gasteiger partial charge is 0.408 e. The average Bonchev–Trinajstić information content (AvgIpc) is 2.39. The molecule has 1 aliphatic rings. The molecule has 0 aromatic heterocycles. The van der Waals surface area contributed by atoms with Crippen LogP contribution in [-0.2, 0) is 0 Å². The topological polar surface area (TPSA) is 24.5 Å². The Morgan fingerprint density at radius 2 is 2.00 bits per heavy atom. The number of nitrogens with zero attached hydrogens (tertiary/aromatic N) is 1. The van der Waals surface area contributed by atoms with Crippen molar-refractivity contribution in [3.8, 4) is 5.75 Å². The summed E-state index contributed by atoms with van der Waals surface area (Å²) >= 11 is 0. The van der Waals surface area contributed by atoms with E-state index in [0.717, 1.165) is 0 Å². The van der Waals surface area contributed by atoms with E-state index in [4.69, 9.17) is 4.74 Å². The van der Waals surface area contributed by atoms with E-state index >= 15 is 0 Å². The maximum atomic E-state index is 13.4. The summed E-state index contributed by atoms with van der Waals surface area (Å²) in [4.78, 5) is 1.47. The number of piperazine rings is 1. The number of rotatable bonds is 4. The van der Waals surface area contributed by atoms with Gasteiger partial charge in [-0.05, 0) is 24.6 Å². The third kappa shape index (κ3) is 3.64. The highest BCUT2D eigenvalue weighted by atomic mass is 19.4. The number of ether oxygens (including phenoxy) is 1. The minimum absolute atomic E-state index is 0.241. The van der Waals surface area contributed by atoms with Gasteiger partial charge in [-0.15, -0.1) is 0 Å². The van der Waals surface area contributed by atoms with E-state index in [1.807, 2.05) is 6.92 Å². The van der Waals surface area contributed by atoms with Crippen molar-refractivity contribution in [1.82, 2.24) is 10.2 Å². The van der Waals surface area contributed by atoms with E-state index < -0.39 is 12.2 Å². The van der Waals surface area contributed by atoms with E-state index in [0.29, 0.717) is 38.5 Å². The van der Waals surface area contributed by atoms with Crippen LogP contribution in [0.3, 0.4) is 0 Å². The van der Waals surface area contributed by atoms with Gasteiger partial charge in [-0.1, -0.05) is 12.1 Å². The van der Waals surface area contributed by atoms with Gasteiger partial charge in [0.1, 0.15) is 11.8 Å². The molecule has 2 rings (SSSR count). The first-order valence-corrected chi connectivity index (χ1v) is 6.76. The van der Waals surface area contributed by atoms with Crippen molar-refractivity contribution >= 4 is 0 Å². The molecular formula is C14H19F3N2O. The number of hydrogen-bond acceptors (Lipinski definition) is 3. The molecule has 1 aromatic carbocycles. The Morgan fingerprint density at radius 3 is 2.60 bits per heavy atom. The molecule has 1 aromatic rings. The van der Waals surface area contributed by atoms with Crippen molar-refractivity contribution in [2.45, 2.75) is 19.1 Å². The first-order chi connectivity index (χ1) is 9.52. The highest BCUT2D eigenvalue weighted by Crippen LogP contribution is 2.38. The minimum atomic E-state index is -4.29. The summed E-state index contributed by atoms with van der Waals surface area (Å²) in [5, 5.41) is 3.07. The lowest BCUT2D eigenvalue weighted by atomic mass is 10.0. The second kappa shape index (κ2) is 6.45. The van der Waals surface area contributed by atoms with Crippen LogP contribution in [0.4, 0.5) is 13.2 Å². The fraction of sp³-hybridized carbons (Fsp3) is 0.571. The summed E-state index contributed by atoms with van der Waals surface area (Å²) in [7, 11) is 0. The highest BCUT2D eigenvalue weighted by molar-refractivity contribution is 5.31. The van der Waals surface area contributed by atoms with Crippen molar-refractivity contribution in [1.29, 1.82) is 0 Å². The standard InChI is InChI=1S/C14H19F3N2O/c1-2-20-12-5-3-4-11(10-12)13(14(15,16)17)19-8-6-18-7-9-19/h3-5,10,13,18H,2,6-9H2,1H3/t13-/m0/s1. The molecule has 0 aliphatic carbocycles. The molecule has 1 heterocycles. The molecule has 1 atom stereocenters. The Hall–Kier alpha value is -1.27. The predicted molar refractivity (Wildman–Crippen MR) is 70.8 cm³/mol. The van der Waals surface area contributed by atoms with Crippen LogP contribution in [0.25, 0.3) is 0 Å². The van der Waals surface area contributed by atoms with E-state index in [-0.39, 0.29) is 5.56 Å². The lowest BCUT2D eigenvalue weighted by Crippen LogP contribution is -2.49. The lowest BCUT2D eigenvalue weighted by Gasteiger charge is -2.36. The molecular weight excluding hydrogens is 269 g/mol. The third-order valence-corrected chi connectivity index (χ3v) is 3.31. The van der Waals surface area contributed by atoms with E-state index in [2.05, 4.69) is 5.32 Å². The molecule has 0 saturated carbocycles. The Morgan fingerprint density at radius 1 is 1.30 bits per heavy atom. The second-order valence-corrected chi connectivity index (χ2v) is 4.74. The molecule has 1 fully saturated rings. The molecule has 1 N–H and O–H groups in total. The zero-order valence-electron chi connectivity index (χ0n) is 11.4. The molecule has 0 spiro atoms. The summed E-state index contributed by atoms with van der Waals surface area (Å²) in [6, 6.07) is 4.73. The van der Waals surface area contributed by atoms with E-state index in [1.165, 1.54) is 17.0 Å². The van der Waals surface area contributed by atoms with Gasteiger partial charge >= 0.3 is 6.18 Å². The highest BCUT2D eigenvalue weighted by Gasteiger charge is 2.44. The number of hydrogen-bond donors (Lipinski definition) is 1. The van der Waals surface area contributed by atoms with Crippen molar-refractivity contribution in [2.75, 3.05) is 32.8 Å². The quantitative estimate of drug-likeness (QED) is 0.921. The SMILES string of the molecule is CCOc1cccc([C@H](N2CCNCC2)C(F)(F)F)c1. The van der Waals surface area contributed by atoms with Crippen LogP contribution >= 0.6 is 0 Å². The summed E-state index contributed by atoms with van der Waals surface area (Å²) < 4.78 is 45.5. The lowest BCUT2D eigenvalue weighted by molar-refractivity contribution is -0.187. The first-order valence-electron chi connectivity index (χ1n) is 6.76. The normalized spacial score (nSPS) is 18.8. The zero-order chi connectivity index (χ0) is 14.6. The van der Waals surface area contributed by atoms with Crippen LogP contribution in [0.2, 0.25) is 0 Å². The number of benzene rings is 1. The van der Waals surface area contributed by atoms with Gasteiger partial charge in [0.05, 0.1) is 6.61 Å². The molecule has 0 unspecified atom stereocenters. The maximum Gasteiger partial charge on any atom is 0.408 e. The van der Waals surface area contributed by atoms with Crippen LogP contribution < -0.4 is 10.1 Å². The van der Waals surface area contributed by atoms with Gasteiger partial charge in [0.25, 0.3) is 0 Å². The van der Waals surface area contributed by atoms with Crippen LogP contribution in [-0.4, -0.2) is 43.9 Å². The Balaban J connectivity index is 2.28. The molecule has 1 aliphatic heterocycles. The first kappa shape index (κ1) is 15.1. The van der Waals surface area contributed by atoms with Gasteiger partial charge in [-0.3, -0.25) is 4.90 Å². The van der Waals surface area contributed by atoms with Crippen LogP contribution in [0.1, 0.15) is 18.5 Å². The molecule has 1 saturated heterocycles. The molecule has 0 bridgehead atoms. The molecule has 0 radical (unpaired) electrons. The number of halogens is 3. The Kier molecular flexibility index (Phi) is 4.88. The van der Waals surface area contributed by atoms with Gasteiger partial charge in [0, 0.05) is 26.2 Å². The van der Waals surface area contributed by atoms with Crippen LogP contribution in [0, 0.1) is 0 Å². The van der Waals surface area contributed by atoms with Gasteiger partial charge in [-0.25, -0.2) is 0 Å². The average molecular weight is 288 g/mol. The van der Waals surface area contributed by atoms with Gasteiger partial charge < -0.3 is 10.1 Å². The van der Waals surface area contributed by atoms with E-state index in [1.54, 1.807) is 12.1 Å². The molecule has 0 amide bonds. The zero-order valence-corrected chi connectivity index (χ0v) is 11.4. The van der Waals surface area contributed by atoms with Crippen molar-refractivity contribution < 1.29 is 17.9 Å². The van der Waals surface area contributed by atoms with Crippen LogP contribution in [0.15, 0.2) is 24.3 Å². The number of nitrogens with one attached hydrogen (secondary N) is 1. The molecule has 3 nitrogen and oxygen atoms in total. The van der Waals surface area contributed by atoms with Gasteiger partial charge in [0.2, 0.25) is 0 Å². The van der Waals surface area contributed by atoms with Crippen molar-refractivity contribution in [3.63, 3.8) is 0 Å². The van der Waals surface area contributed by atoms with E-state index in [9.17, 15) is 13.2 Å². The number of alkyl halides is 3. The molecule has 112 valence electrons. The summed E-state index contributed by atoms with van der Waals surface area (Å²) in [5.41, 5.74) is 0.241. The van der Waals surface area contributed by atoms with Crippen molar-refractivity contribution in [3.05, 3.63) is 29.8 Å². The third-order valence-electron chi connectivity index (χ3n) is 3.31. The second-order valence-electron chi connectivity index (χ2n) is 4.74. The summed E-state index contributed by atoms with van der Waals surface area (Å²) in [6.07, 6.45) is -4.29. The Labute approximate surface area is 116 Å². The maximum absolute atomic E-state index is 13.4. The molecule has 20 heavy (non-hydrogen) atoms. The molecule has 6 heteroatoms. The van der Waals surface area contributed by atoms with Gasteiger partial charge in [-0.2, -0.15) is 13.2 Å². The van der Waals surface area contributed by atoms with Crippen molar-refractivity contribution in [2.24, 2.45) is 0 Å². The fourth-order valence-corrected chi connectivity index (χ4v) is 2.49. The fourth-order valence-electron chi connectivity index (χ4n) is 2.49. The van der Waals surface area contributed by atoms with Gasteiger partial charge in [0.15, 0.2) is 0 Å². The minimum Gasteiger partial charge on any atom is -0.494 e.